The predicted octanol–water partition coefficient (Wildman–Crippen LogP) is 3.80. The van der Waals surface area contributed by atoms with Crippen molar-refractivity contribution in [1.82, 2.24) is 5.32 Å². The van der Waals surface area contributed by atoms with Gasteiger partial charge in [-0.05, 0) is 24.0 Å². The van der Waals surface area contributed by atoms with E-state index in [1.165, 1.54) is 10.5 Å². The zero-order valence-electron chi connectivity index (χ0n) is 11.4. The van der Waals surface area contributed by atoms with E-state index in [0.29, 0.717) is 17.3 Å². The van der Waals surface area contributed by atoms with E-state index in [-0.39, 0.29) is 11.8 Å². The molecule has 0 bridgehead atoms. The van der Waals surface area contributed by atoms with Gasteiger partial charge >= 0.3 is 0 Å². The van der Waals surface area contributed by atoms with Crippen LogP contribution in [0.4, 0.5) is 0 Å². The molecule has 4 heteroatoms. The maximum atomic E-state index is 12.3. The van der Waals surface area contributed by atoms with Gasteiger partial charge in [0.15, 0.2) is 0 Å². The smallest absolute Gasteiger partial charge is 0.228 e. The van der Waals surface area contributed by atoms with E-state index in [2.05, 4.69) is 47.2 Å². The lowest BCUT2D eigenvalue weighted by Gasteiger charge is -2.16. The van der Waals surface area contributed by atoms with Gasteiger partial charge in [0.2, 0.25) is 5.91 Å². The second-order valence-corrected chi connectivity index (χ2v) is 7.73. The third kappa shape index (κ3) is 3.99. The van der Waals surface area contributed by atoms with E-state index in [1.807, 2.05) is 12.1 Å². The van der Waals surface area contributed by atoms with Gasteiger partial charge in [0.05, 0.1) is 5.92 Å². The van der Waals surface area contributed by atoms with Gasteiger partial charge in [-0.3, -0.25) is 4.79 Å². The third-order valence-electron chi connectivity index (χ3n) is 3.24. The number of hydrogen-bond acceptors (Lipinski definition) is 2. The average Bonchev–Trinajstić information content (AvgIpc) is 2.79. The topological polar surface area (TPSA) is 29.1 Å². The van der Waals surface area contributed by atoms with Crippen molar-refractivity contribution in [1.29, 1.82) is 0 Å². The van der Waals surface area contributed by atoms with Crippen LogP contribution in [0.15, 0.2) is 29.2 Å². The SMILES string of the molecule is CC(C)CC(Br)CNC(=O)C1CSc2ccccc21. The number of halogens is 1. The monoisotopic (exact) mass is 341 g/mol. The highest BCUT2D eigenvalue weighted by Crippen LogP contribution is 2.39. The van der Waals surface area contributed by atoms with Crippen molar-refractivity contribution >= 4 is 33.6 Å². The Labute approximate surface area is 127 Å². The number of carbonyl (C=O) groups excluding carboxylic acids is 1. The molecule has 19 heavy (non-hydrogen) atoms. The summed E-state index contributed by atoms with van der Waals surface area (Å²) in [7, 11) is 0. The fraction of sp³-hybridized carbons (Fsp3) is 0.533. The molecule has 0 saturated heterocycles. The maximum Gasteiger partial charge on any atom is 0.228 e. The second-order valence-electron chi connectivity index (χ2n) is 5.37. The first-order valence-corrected chi connectivity index (χ1v) is 8.61. The summed E-state index contributed by atoms with van der Waals surface area (Å²) in [4.78, 5) is 13.9. The highest BCUT2D eigenvalue weighted by molar-refractivity contribution is 9.09. The van der Waals surface area contributed by atoms with Crippen LogP contribution in [0.1, 0.15) is 31.7 Å². The molecule has 0 spiro atoms. The molecule has 2 unspecified atom stereocenters. The van der Waals surface area contributed by atoms with Crippen molar-refractivity contribution in [3.8, 4) is 0 Å². The summed E-state index contributed by atoms with van der Waals surface area (Å²) in [5.74, 6) is 1.68. The van der Waals surface area contributed by atoms with E-state index >= 15 is 0 Å². The molecule has 2 atom stereocenters. The molecule has 1 aliphatic heterocycles. The minimum absolute atomic E-state index is 0.0138. The van der Waals surface area contributed by atoms with Crippen molar-refractivity contribution in [3.05, 3.63) is 29.8 Å². The predicted molar refractivity (Wildman–Crippen MR) is 85.1 cm³/mol. The van der Waals surface area contributed by atoms with Gasteiger partial charge in [0, 0.05) is 22.0 Å². The van der Waals surface area contributed by atoms with Gasteiger partial charge < -0.3 is 5.32 Å². The van der Waals surface area contributed by atoms with Crippen molar-refractivity contribution in [2.75, 3.05) is 12.3 Å². The van der Waals surface area contributed by atoms with Gasteiger partial charge in [-0.1, -0.05) is 48.0 Å². The number of alkyl halides is 1. The summed E-state index contributed by atoms with van der Waals surface area (Å²) in [5.41, 5.74) is 1.18. The van der Waals surface area contributed by atoms with Crippen molar-refractivity contribution in [2.45, 2.75) is 35.9 Å². The summed E-state index contributed by atoms with van der Waals surface area (Å²) >= 11 is 5.40. The van der Waals surface area contributed by atoms with Crippen LogP contribution in [0.2, 0.25) is 0 Å². The highest BCUT2D eigenvalue weighted by atomic mass is 79.9. The van der Waals surface area contributed by atoms with E-state index in [0.717, 1.165) is 12.2 Å². The number of carbonyl (C=O) groups is 1. The third-order valence-corrected chi connectivity index (χ3v) is 5.12. The Morgan fingerprint density at radius 2 is 2.21 bits per heavy atom. The minimum Gasteiger partial charge on any atom is -0.354 e. The zero-order valence-corrected chi connectivity index (χ0v) is 13.8. The normalized spacial score (nSPS) is 19.3. The van der Waals surface area contributed by atoms with Crippen LogP contribution in [0, 0.1) is 5.92 Å². The zero-order chi connectivity index (χ0) is 13.8. The van der Waals surface area contributed by atoms with Gasteiger partial charge in [0.1, 0.15) is 0 Å². The largest absolute Gasteiger partial charge is 0.354 e. The first kappa shape index (κ1) is 14.9. The fourth-order valence-corrected chi connectivity index (χ4v) is 4.45. The van der Waals surface area contributed by atoms with Crippen LogP contribution >= 0.6 is 27.7 Å². The van der Waals surface area contributed by atoms with Crippen LogP contribution in [-0.2, 0) is 4.79 Å². The molecule has 1 heterocycles. The molecule has 2 rings (SSSR count). The minimum atomic E-state index is 0.0138. The lowest BCUT2D eigenvalue weighted by molar-refractivity contribution is -0.122. The molecule has 0 saturated carbocycles. The summed E-state index contributed by atoms with van der Waals surface area (Å²) in [6, 6.07) is 8.21. The Hall–Kier alpha value is -0.480. The van der Waals surface area contributed by atoms with Crippen LogP contribution in [-0.4, -0.2) is 23.0 Å². The Bertz CT molecular complexity index is 450. The number of nitrogens with one attached hydrogen (secondary N) is 1. The van der Waals surface area contributed by atoms with Gasteiger partial charge in [-0.15, -0.1) is 11.8 Å². The maximum absolute atomic E-state index is 12.3. The molecule has 1 N–H and O–H groups in total. The summed E-state index contributed by atoms with van der Waals surface area (Å²) in [6.07, 6.45) is 1.08. The van der Waals surface area contributed by atoms with E-state index in [1.54, 1.807) is 11.8 Å². The number of thioether (sulfide) groups is 1. The number of rotatable bonds is 5. The number of fused-ring (bicyclic) bond motifs is 1. The Kier molecular flexibility index (Phi) is 5.34. The Balaban J connectivity index is 1.88. The van der Waals surface area contributed by atoms with E-state index in [9.17, 15) is 4.79 Å². The standard InChI is InChI=1S/C15H20BrNOS/c1-10(2)7-11(16)8-17-15(18)13-9-19-14-6-4-3-5-12(13)14/h3-6,10-11,13H,7-9H2,1-2H3,(H,17,18). The van der Waals surface area contributed by atoms with Crippen LogP contribution in [0.25, 0.3) is 0 Å². The highest BCUT2D eigenvalue weighted by Gasteiger charge is 2.28. The first-order valence-electron chi connectivity index (χ1n) is 6.71. The molecule has 2 nitrogen and oxygen atoms in total. The molecule has 1 aliphatic rings. The van der Waals surface area contributed by atoms with E-state index in [4.69, 9.17) is 0 Å². The summed E-state index contributed by atoms with van der Waals surface area (Å²) in [6.45, 7) is 5.10. The van der Waals surface area contributed by atoms with Crippen LogP contribution in [0.3, 0.4) is 0 Å². The molecule has 0 aliphatic carbocycles. The molecule has 104 valence electrons. The lowest BCUT2D eigenvalue weighted by atomic mass is 10.0. The summed E-state index contributed by atoms with van der Waals surface area (Å²) < 4.78 is 0. The number of hydrogen-bond donors (Lipinski definition) is 1. The van der Waals surface area contributed by atoms with Crippen LogP contribution in [0.5, 0.6) is 0 Å². The van der Waals surface area contributed by atoms with Crippen molar-refractivity contribution in [3.63, 3.8) is 0 Å². The lowest BCUT2D eigenvalue weighted by Crippen LogP contribution is -2.34. The molecular formula is C15H20BrNOS. The molecule has 1 aromatic rings. The molecule has 0 radical (unpaired) electrons. The molecule has 1 aromatic carbocycles. The van der Waals surface area contributed by atoms with Gasteiger partial charge in [-0.2, -0.15) is 0 Å². The average molecular weight is 342 g/mol. The van der Waals surface area contributed by atoms with Crippen molar-refractivity contribution < 1.29 is 4.79 Å². The van der Waals surface area contributed by atoms with Crippen LogP contribution < -0.4 is 5.32 Å². The van der Waals surface area contributed by atoms with Gasteiger partial charge in [-0.25, -0.2) is 0 Å². The number of amides is 1. The number of benzene rings is 1. The summed E-state index contributed by atoms with van der Waals surface area (Å²) in [5, 5.41) is 3.07. The fourth-order valence-electron chi connectivity index (χ4n) is 2.31. The molecule has 1 amide bonds. The van der Waals surface area contributed by atoms with Crippen molar-refractivity contribution in [2.24, 2.45) is 5.92 Å². The Morgan fingerprint density at radius 3 is 2.95 bits per heavy atom. The molecule has 0 aromatic heterocycles. The molecular weight excluding hydrogens is 322 g/mol. The Morgan fingerprint density at radius 1 is 1.47 bits per heavy atom. The van der Waals surface area contributed by atoms with Gasteiger partial charge in [0.25, 0.3) is 0 Å². The first-order chi connectivity index (χ1) is 9.08. The molecule has 0 fully saturated rings. The van der Waals surface area contributed by atoms with E-state index < -0.39 is 0 Å². The quantitative estimate of drug-likeness (QED) is 0.825. The second kappa shape index (κ2) is 6.80.